The molecule has 0 radical (unpaired) electrons. The number of hydrogen-bond donors (Lipinski definition) is 1. The first kappa shape index (κ1) is 12.2. The van der Waals surface area contributed by atoms with Gasteiger partial charge in [0.15, 0.2) is 0 Å². The van der Waals surface area contributed by atoms with Crippen LogP contribution in [0.4, 0.5) is 0 Å². The van der Waals surface area contributed by atoms with Gasteiger partial charge in [0.25, 0.3) is 0 Å². The Kier molecular flexibility index (Phi) is 2.93. The van der Waals surface area contributed by atoms with E-state index in [0.717, 1.165) is 51.2 Å². The Hall–Kier alpha value is -0.900. The van der Waals surface area contributed by atoms with Gasteiger partial charge in [0, 0.05) is 24.7 Å². The minimum atomic E-state index is -0.174. The minimum Gasteiger partial charge on any atom is -0.381 e. The van der Waals surface area contributed by atoms with E-state index in [-0.39, 0.29) is 22.8 Å². The molecule has 100 valence electrons. The highest BCUT2D eigenvalue weighted by molar-refractivity contribution is 5.86. The van der Waals surface area contributed by atoms with E-state index >= 15 is 0 Å². The van der Waals surface area contributed by atoms with E-state index in [9.17, 15) is 9.59 Å². The zero-order valence-corrected chi connectivity index (χ0v) is 10.7. The molecule has 1 aliphatic carbocycles. The molecule has 3 fully saturated rings. The van der Waals surface area contributed by atoms with Gasteiger partial charge in [-0.2, -0.15) is 0 Å². The van der Waals surface area contributed by atoms with E-state index in [1.54, 1.807) is 0 Å². The van der Waals surface area contributed by atoms with Crippen molar-refractivity contribution in [3.05, 3.63) is 0 Å². The Bertz CT molecular complexity index is 352. The molecule has 0 bridgehead atoms. The molecule has 0 unspecified atom stereocenters. The van der Waals surface area contributed by atoms with E-state index in [1.807, 2.05) is 0 Å². The van der Waals surface area contributed by atoms with Gasteiger partial charge in [0.1, 0.15) is 6.29 Å². The second kappa shape index (κ2) is 4.34. The molecular weight excluding hydrogens is 230 g/mol. The summed E-state index contributed by atoms with van der Waals surface area (Å²) in [4.78, 5) is 23.2. The van der Waals surface area contributed by atoms with Crippen LogP contribution in [-0.4, -0.2) is 30.9 Å². The maximum absolute atomic E-state index is 12.3. The van der Waals surface area contributed by atoms with Crippen LogP contribution in [0.3, 0.4) is 0 Å². The van der Waals surface area contributed by atoms with Crippen molar-refractivity contribution in [1.29, 1.82) is 0 Å². The lowest BCUT2D eigenvalue weighted by molar-refractivity contribution is -0.132. The molecule has 2 aliphatic heterocycles. The minimum absolute atomic E-state index is 0.0199. The average Bonchev–Trinajstić information content (AvgIpc) is 2.64. The monoisotopic (exact) mass is 251 g/mol. The smallest absolute Gasteiger partial charge is 0.226 e. The van der Waals surface area contributed by atoms with Crippen LogP contribution in [0.15, 0.2) is 0 Å². The van der Waals surface area contributed by atoms with Crippen LogP contribution in [0.1, 0.15) is 44.9 Å². The lowest BCUT2D eigenvalue weighted by atomic mass is 9.69. The summed E-state index contributed by atoms with van der Waals surface area (Å²) in [5, 5.41) is 3.26. The van der Waals surface area contributed by atoms with Gasteiger partial charge in [-0.1, -0.05) is 0 Å². The number of amides is 1. The van der Waals surface area contributed by atoms with Gasteiger partial charge in [-0.25, -0.2) is 0 Å². The van der Waals surface area contributed by atoms with Gasteiger partial charge >= 0.3 is 0 Å². The van der Waals surface area contributed by atoms with Crippen molar-refractivity contribution >= 4 is 12.2 Å². The molecule has 3 aliphatic rings. The summed E-state index contributed by atoms with van der Waals surface area (Å²) < 4.78 is 5.39. The predicted octanol–water partition coefficient (Wildman–Crippen LogP) is 1.43. The number of aldehydes is 1. The summed E-state index contributed by atoms with van der Waals surface area (Å²) in [7, 11) is 0. The normalized spacial score (nSPS) is 38.9. The Morgan fingerprint density at radius 1 is 1.17 bits per heavy atom. The molecule has 4 heteroatoms. The largest absolute Gasteiger partial charge is 0.381 e. The highest BCUT2D eigenvalue weighted by Crippen LogP contribution is 2.49. The van der Waals surface area contributed by atoms with Crippen LogP contribution in [-0.2, 0) is 14.3 Å². The molecule has 2 spiro atoms. The fourth-order valence-electron chi connectivity index (χ4n) is 3.94. The summed E-state index contributed by atoms with van der Waals surface area (Å²) in [6.45, 7) is 1.42. The van der Waals surface area contributed by atoms with Gasteiger partial charge in [-0.15, -0.1) is 0 Å². The van der Waals surface area contributed by atoms with Crippen molar-refractivity contribution < 1.29 is 14.3 Å². The lowest BCUT2D eigenvalue weighted by Gasteiger charge is -2.37. The van der Waals surface area contributed by atoms with Crippen LogP contribution in [0, 0.1) is 11.3 Å². The van der Waals surface area contributed by atoms with Crippen molar-refractivity contribution in [2.24, 2.45) is 11.3 Å². The number of carbonyl (C=O) groups excluding carboxylic acids is 2. The highest BCUT2D eigenvalue weighted by atomic mass is 16.5. The summed E-state index contributed by atoms with van der Waals surface area (Å²) in [5.41, 5.74) is -0.194. The van der Waals surface area contributed by atoms with Crippen molar-refractivity contribution in [2.45, 2.75) is 50.5 Å². The summed E-state index contributed by atoms with van der Waals surface area (Å²) >= 11 is 0. The third-order valence-electron chi connectivity index (χ3n) is 5.17. The van der Waals surface area contributed by atoms with Crippen LogP contribution >= 0.6 is 0 Å². The standard InChI is InChI=1S/C14H21NO3/c16-9-11-1-3-14(4-2-11)10-13(12(17)15-14)5-7-18-8-6-13/h9,11H,1-8,10H2,(H,15,17)/t11-,14-. The number of nitrogens with one attached hydrogen (secondary N) is 1. The van der Waals surface area contributed by atoms with Gasteiger partial charge in [0.05, 0.1) is 5.41 Å². The molecule has 3 rings (SSSR count). The zero-order valence-electron chi connectivity index (χ0n) is 10.7. The van der Waals surface area contributed by atoms with Gasteiger partial charge < -0.3 is 14.8 Å². The Morgan fingerprint density at radius 2 is 1.83 bits per heavy atom. The second-order valence-electron chi connectivity index (χ2n) is 6.28. The van der Waals surface area contributed by atoms with Gasteiger partial charge in [-0.05, 0) is 44.9 Å². The molecule has 1 saturated carbocycles. The average molecular weight is 251 g/mol. The first-order valence-electron chi connectivity index (χ1n) is 7.04. The number of hydrogen-bond acceptors (Lipinski definition) is 3. The van der Waals surface area contributed by atoms with Crippen molar-refractivity contribution in [1.82, 2.24) is 5.32 Å². The number of carbonyl (C=O) groups is 2. The van der Waals surface area contributed by atoms with Gasteiger partial charge in [0.2, 0.25) is 5.91 Å². The fourth-order valence-corrected chi connectivity index (χ4v) is 3.94. The van der Waals surface area contributed by atoms with E-state index < -0.39 is 0 Å². The summed E-state index contributed by atoms with van der Waals surface area (Å²) in [6.07, 6.45) is 7.53. The first-order chi connectivity index (χ1) is 8.68. The molecule has 2 heterocycles. The van der Waals surface area contributed by atoms with Crippen LogP contribution in [0.25, 0.3) is 0 Å². The second-order valence-corrected chi connectivity index (χ2v) is 6.28. The molecule has 18 heavy (non-hydrogen) atoms. The van der Waals surface area contributed by atoms with Gasteiger partial charge in [-0.3, -0.25) is 4.79 Å². The molecule has 0 aromatic rings. The topological polar surface area (TPSA) is 55.4 Å². The SMILES string of the molecule is O=C[C@H]1CC[C@]2(CC1)CC1(CCOCC1)C(=O)N2. The molecule has 1 N–H and O–H groups in total. The Balaban J connectivity index is 1.73. The zero-order chi connectivity index (χ0) is 12.6. The van der Waals surface area contributed by atoms with E-state index in [2.05, 4.69) is 5.32 Å². The molecular formula is C14H21NO3. The molecule has 1 amide bonds. The van der Waals surface area contributed by atoms with Crippen molar-refractivity contribution in [2.75, 3.05) is 13.2 Å². The van der Waals surface area contributed by atoms with Crippen molar-refractivity contribution in [3.8, 4) is 0 Å². The van der Waals surface area contributed by atoms with Crippen LogP contribution in [0.2, 0.25) is 0 Å². The molecule has 0 aromatic heterocycles. The summed E-state index contributed by atoms with van der Waals surface area (Å²) in [6, 6.07) is 0. The summed E-state index contributed by atoms with van der Waals surface area (Å²) in [5.74, 6) is 0.439. The Labute approximate surface area is 107 Å². The van der Waals surface area contributed by atoms with Crippen LogP contribution < -0.4 is 5.32 Å². The van der Waals surface area contributed by atoms with E-state index in [1.165, 1.54) is 0 Å². The fraction of sp³-hybridized carbons (Fsp3) is 0.857. The number of ether oxygens (including phenoxy) is 1. The first-order valence-corrected chi connectivity index (χ1v) is 7.04. The third-order valence-corrected chi connectivity index (χ3v) is 5.17. The maximum Gasteiger partial charge on any atom is 0.226 e. The molecule has 2 saturated heterocycles. The number of rotatable bonds is 1. The molecule has 0 aromatic carbocycles. The van der Waals surface area contributed by atoms with Crippen molar-refractivity contribution in [3.63, 3.8) is 0 Å². The Morgan fingerprint density at radius 3 is 2.44 bits per heavy atom. The van der Waals surface area contributed by atoms with E-state index in [4.69, 9.17) is 4.74 Å². The molecule has 4 nitrogen and oxygen atoms in total. The predicted molar refractivity (Wildman–Crippen MR) is 66.0 cm³/mol. The highest BCUT2D eigenvalue weighted by Gasteiger charge is 2.54. The third kappa shape index (κ3) is 1.87. The maximum atomic E-state index is 12.3. The lowest BCUT2D eigenvalue weighted by Crippen LogP contribution is -2.44. The molecule has 0 atom stereocenters. The quantitative estimate of drug-likeness (QED) is 0.717. The van der Waals surface area contributed by atoms with Crippen LogP contribution in [0.5, 0.6) is 0 Å². The van der Waals surface area contributed by atoms with E-state index in [0.29, 0.717) is 13.2 Å².